The van der Waals surface area contributed by atoms with Gasteiger partial charge in [-0.05, 0) is 48.9 Å². The minimum atomic E-state index is -0.875. The Morgan fingerprint density at radius 3 is 2.70 bits per heavy atom. The van der Waals surface area contributed by atoms with E-state index >= 15 is 0 Å². The summed E-state index contributed by atoms with van der Waals surface area (Å²) in [6.45, 7) is 2.56. The molecular weight excluding hydrogens is 331 g/mol. The maximum Gasteiger partial charge on any atom is 0.0938 e. The molecule has 1 saturated carbocycles. The summed E-state index contributed by atoms with van der Waals surface area (Å²) in [5, 5.41) is 16.6. The van der Waals surface area contributed by atoms with Crippen LogP contribution in [0.4, 0.5) is 0 Å². The van der Waals surface area contributed by atoms with Gasteiger partial charge in [0.05, 0.1) is 12.1 Å². The van der Waals surface area contributed by atoms with Crippen molar-refractivity contribution < 1.29 is 5.11 Å². The van der Waals surface area contributed by atoms with Gasteiger partial charge in [-0.3, -0.25) is 4.68 Å². The summed E-state index contributed by atoms with van der Waals surface area (Å²) in [6.07, 6.45) is 6.34. The normalized spacial score (nSPS) is 30.7. The second kappa shape index (κ2) is 6.46. The Hall–Kier alpha value is -1.03. The van der Waals surface area contributed by atoms with Gasteiger partial charge >= 0.3 is 0 Å². The lowest BCUT2D eigenvalue weighted by Crippen LogP contribution is -2.51. The molecule has 0 saturated heterocycles. The van der Waals surface area contributed by atoms with Crippen LogP contribution in [0.2, 0.25) is 5.02 Å². The predicted molar refractivity (Wildman–Crippen MR) is 93.9 cm³/mol. The van der Waals surface area contributed by atoms with Crippen molar-refractivity contribution >= 4 is 23.2 Å². The first-order valence-corrected chi connectivity index (χ1v) is 8.88. The summed E-state index contributed by atoms with van der Waals surface area (Å²) < 4.78 is 1.81. The van der Waals surface area contributed by atoms with Crippen LogP contribution in [0.25, 0.3) is 0 Å². The average Bonchev–Trinajstić information content (AvgIpc) is 3.12. The quantitative estimate of drug-likeness (QED) is 0.820. The van der Waals surface area contributed by atoms with Crippen LogP contribution in [0, 0.1) is 11.3 Å². The van der Waals surface area contributed by atoms with Crippen LogP contribution < -0.4 is 0 Å². The zero-order valence-corrected chi connectivity index (χ0v) is 14.8. The van der Waals surface area contributed by atoms with E-state index in [0.717, 1.165) is 24.3 Å². The number of aliphatic hydroxyl groups is 1. The number of aromatic nitrogens is 2. The lowest BCUT2D eigenvalue weighted by Gasteiger charge is -2.42. The van der Waals surface area contributed by atoms with Crippen LogP contribution in [-0.2, 0) is 13.0 Å². The molecule has 2 aromatic rings. The number of benzene rings is 1. The van der Waals surface area contributed by atoms with Crippen molar-refractivity contribution in [2.45, 2.75) is 38.3 Å². The molecule has 1 N–H and O–H groups in total. The molecular formula is C18H22Cl2N2O. The maximum atomic E-state index is 11.6. The maximum absolute atomic E-state index is 11.6. The summed E-state index contributed by atoms with van der Waals surface area (Å²) in [6, 6.07) is 9.75. The summed E-state index contributed by atoms with van der Waals surface area (Å²) in [5.74, 6) is 0.596. The van der Waals surface area contributed by atoms with Crippen molar-refractivity contribution in [2.24, 2.45) is 11.3 Å². The van der Waals surface area contributed by atoms with Gasteiger partial charge in [-0.15, -0.1) is 11.6 Å². The van der Waals surface area contributed by atoms with E-state index in [-0.39, 0.29) is 11.3 Å². The molecule has 23 heavy (non-hydrogen) atoms. The third-order valence-electron chi connectivity index (χ3n) is 5.42. The van der Waals surface area contributed by atoms with Gasteiger partial charge in [-0.1, -0.05) is 30.7 Å². The Labute approximate surface area is 147 Å². The third-order valence-corrected chi connectivity index (χ3v) is 6.26. The summed E-state index contributed by atoms with van der Waals surface area (Å²) >= 11 is 12.2. The Balaban J connectivity index is 1.87. The molecule has 0 amide bonds. The zero-order chi connectivity index (χ0) is 16.5. The van der Waals surface area contributed by atoms with Crippen molar-refractivity contribution in [3.63, 3.8) is 0 Å². The molecule has 1 fully saturated rings. The highest BCUT2D eigenvalue weighted by atomic mass is 35.5. The second-order valence-electron chi connectivity index (χ2n) is 6.89. The Morgan fingerprint density at radius 1 is 1.35 bits per heavy atom. The lowest BCUT2D eigenvalue weighted by molar-refractivity contribution is -0.0890. The van der Waals surface area contributed by atoms with E-state index in [1.807, 2.05) is 41.2 Å². The van der Waals surface area contributed by atoms with Gasteiger partial charge in [0.25, 0.3) is 0 Å². The first-order chi connectivity index (χ1) is 11.0. The Kier molecular flexibility index (Phi) is 4.73. The summed E-state index contributed by atoms with van der Waals surface area (Å²) in [7, 11) is 0. The molecule has 1 aromatic heterocycles. The van der Waals surface area contributed by atoms with Crippen LogP contribution in [0.5, 0.6) is 0 Å². The van der Waals surface area contributed by atoms with Gasteiger partial charge in [-0.25, -0.2) is 0 Å². The highest BCUT2D eigenvalue weighted by Gasteiger charge is 2.56. The SMILES string of the molecule is CC1(CCl)CCC(Cc2ccc(Cl)cc2)C1(O)Cn1cccn1. The predicted octanol–water partition coefficient (Wildman–Crippen LogP) is 4.17. The number of alkyl halides is 1. The van der Waals surface area contributed by atoms with Gasteiger partial charge in [0.15, 0.2) is 0 Å². The molecule has 1 aromatic carbocycles. The van der Waals surface area contributed by atoms with Crippen LogP contribution in [-0.4, -0.2) is 26.4 Å². The molecule has 1 aliphatic rings. The number of nitrogens with zero attached hydrogens (tertiary/aromatic N) is 2. The standard InChI is InChI=1S/C18H22Cl2N2O/c1-17(12-19)8-7-15(11-14-3-5-16(20)6-4-14)18(17,23)13-22-10-2-9-21-22/h2-6,9-10,15,23H,7-8,11-13H2,1H3. The van der Waals surface area contributed by atoms with Gasteiger partial charge < -0.3 is 5.11 Å². The summed E-state index contributed by atoms with van der Waals surface area (Å²) in [4.78, 5) is 0. The fourth-order valence-electron chi connectivity index (χ4n) is 3.76. The van der Waals surface area contributed by atoms with E-state index in [4.69, 9.17) is 23.2 Å². The van der Waals surface area contributed by atoms with E-state index in [9.17, 15) is 5.11 Å². The highest BCUT2D eigenvalue weighted by molar-refractivity contribution is 6.30. The Bertz CT molecular complexity index is 644. The van der Waals surface area contributed by atoms with Crippen LogP contribution in [0.1, 0.15) is 25.3 Å². The van der Waals surface area contributed by atoms with Crippen molar-refractivity contribution in [3.8, 4) is 0 Å². The molecule has 0 radical (unpaired) electrons. The summed E-state index contributed by atoms with van der Waals surface area (Å²) in [5.41, 5.74) is 0.00924. The highest BCUT2D eigenvalue weighted by Crippen LogP contribution is 2.52. The molecule has 1 heterocycles. The van der Waals surface area contributed by atoms with E-state index in [0.29, 0.717) is 12.4 Å². The molecule has 1 aliphatic carbocycles. The molecule has 3 rings (SSSR count). The first-order valence-electron chi connectivity index (χ1n) is 7.97. The fraction of sp³-hybridized carbons (Fsp3) is 0.500. The molecule has 3 nitrogen and oxygen atoms in total. The number of hydrogen-bond donors (Lipinski definition) is 1. The topological polar surface area (TPSA) is 38.0 Å². The molecule has 3 atom stereocenters. The van der Waals surface area contributed by atoms with E-state index in [1.54, 1.807) is 6.20 Å². The second-order valence-corrected chi connectivity index (χ2v) is 7.59. The Morgan fingerprint density at radius 2 is 2.09 bits per heavy atom. The first kappa shape index (κ1) is 16.8. The van der Waals surface area contributed by atoms with Crippen LogP contribution in [0.15, 0.2) is 42.7 Å². The lowest BCUT2D eigenvalue weighted by atomic mass is 9.72. The zero-order valence-electron chi connectivity index (χ0n) is 13.3. The van der Waals surface area contributed by atoms with Crippen LogP contribution in [0.3, 0.4) is 0 Å². The van der Waals surface area contributed by atoms with Crippen molar-refractivity contribution in [2.75, 3.05) is 5.88 Å². The molecule has 0 bridgehead atoms. The number of hydrogen-bond acceptors (Lipinski definition) is 2. The van der Waals surface area contributed by atoms with Crippen molar-refractivity contribution in [1.29, 1.82) is 0 Å². The number of halogens is 2. The van der Waals surface area contributed by atoms with E-state index in [1.165, 1.54) is 5.56 Å². The molecule has 0 aliphatic heterocycles. The van der Waals surface area contributed by atoms with E-state index in [2.05, 4.69) is 12.0 Å². The number of rotatable bonds is 5. The van der Waals surface area contributed by atoms with Crippen molar-refractivity contribution in [1.82, 2.24) is 9.78 Å². The van der Waals surface area contributed by atoms with Gasteiger partial charge in [0.1, 0.15) is 0 Å². The molecule has 124 valence electrons. The molecule has 3 unspecified atom stereocenters. The molecule has 5 heteroatoms. The van der Waals surface area contributed by atoms with Gasteiger partial charge in [0, 0.05) is 28.7 Å². The minimum Gasteiger partial charge on any atom is -0.387 e. The van der Waals surface area contributed by atoms with Crippen LogP contribution >= 0.6 is 23.2 Å². The largest absolute Gasteiger partial charge is 0.387 e. The van der Waals surface area contributed by atoms with Crippen molar-refractivity contribution in [3.05, 3.63) is 53.3 Å². The monoisotopic (exact) mass is 352 g/mol. The van der Waals surface area contributed by atoms with E-state index < -0.39 is 5.60 Å². The fourth-order valence-corrected chi connectivity index (χ4v) is 4.25. The smallest absolute Gasteiger partial charge is 0.0938 e. The minimum absolute atomic E-state index is 0.150. The van der Waals surface area contributed by atoms with Gasteiger partial charge in [-0.2, -0.15) is 5.10 Å². The molecule has 0 spiro atoms. The van der Waals surface area contributed by atoms with Gasteiger partial charge in [0.2, 0.25) is 0 Å². The third kappa shape index (κ3) is 3.15. The average molecular weight is 353 g/mol.